The van der Waals surface area contributed by atoms with Crippen molar-refractivity contribution < 1.29 is 9.53 Å². The molecule has 1 fully saturated rings. The molecule has 1 N–H and O–H groups in total. The molecule has 4 rings (SSSR count). The van der Waals surface area contributed by atoms with Gasteiger partial charge in [-0.1, -0.05) is 35.9 Å². The molecule has 1 aliphatic heterocycles. The topological polar surface area (TPSA) is 41.6 Å². The first-order valence-corrected chi connectivity index (χ1v) is 10.6. The normalized spacial score (nSPS) is 13.9. The largest absolute Gasteiger partial charge is 0.496 e. The van der Waals surface area contributed by atoms with E-state index in [4.69, 9.17) is 16.3 Å². The average Bonchev–Trinajstić information content (AvgIpc) is 3.27. The van der Waals surface area contributed by atoms with Crippen molar-refractivity contribution in [2.75, 3.05) is 25.5 Å². The van der Waals surface area contributed by atoms with Crippen molar-refractivity contribution in [1.82, 2.24) is 4.90 Å². The number of nitrogens with one attached hydrogen (secondary N) is 1. The highest BCUT2D eigenvalue weighted by Crippen LogP contribution is 2.30. The van der Waals surface area contributed by atoms with Crippen LogP contribution in [0, 0.1) is 0 Å². The van der Waals surface area contributed by atoms with Crippen LogP contribution in [0.4, 0.5) is 5.69 Å². The number of methoxy groups -OCH3 is 1. The van der Waals surface area contributed by atoms with E-state index in [1.807, 2.05) is 24.3 Å². The summed E-state index contributed by atoms with van der Waals surface area (Å²) in [6, 6.07) is 21.1. The number of amides is 1. The standard InChI is InChI=1S/C25H25ClN2O2/c1-30-24-11-10-19(14-21(24)17-28-12-2-3-13-28)18-6-5-9-23(16-18)27-25(29)20-7-4-8-22(26)15-20/h4-11,14-16H,2-3,12-13,17H2,1H3,(H,27,29). The number of likely N-dealkylation sites (tertiary alicyclic amines) is 1. The van der Waals surface area contributed by atoms with Crippen LogP contribution in [0.15, 0.2) is 66.7 Å². The summed E-state index contributed by atoms with van der Waals surface area (Å²) < 4.78 is 5.59. The second kappa shape index (κ2) is 9.33. The van der Waals surface area contributed by atoms with Crippen molar-refractivity contribution in [3.63, 3.8) is 0 Å². The van der Waals surface area contributed by atoms with Gasteiger partial charge in [0, 0.05) is 28.4 Å². The average molecular weight is 421 g/mol. The minimum Gasteiger partial charge on any atom is -0.496 e. The summed E-state index contributed by atoms with van der Waals surface area (Å²) in [6.45, 7) is 3.17. The van der Waals surface area contributed by atoms with Crippen molar-refractivity contribution in [2.45, 2.75) is 19.4 Å². The lowest BCUT2D eigenvalue weighted by Gasteiger charge is -2.18. The Kier molecular flexibility index (Phi) is 6.36. The van der Waals surface area contributed by atoms with Crippen molar-refractivity contribution in [2.24, 2.45) is 0 Å². The molecule has 154 valence electrons. The van der Waals surface area contributed by atoms with Crippen molar-refractivity contribution in [1.29, 1.82) is 0 Å². The Hall–Kier alpha value is -2.82. The highest BCUT2D eigenvalue weighted by atomic mass is 35.5. The number of halogens is 1. The highest BCUT2D eigenvalue weighted by Gasteiger charge is 2.15. The number of hydrogen-bond acceptors (Lipinski definition) is 3. The molecule has 0 bridgehead atoms. The van der Waals surface area contributed by atoms with E-state index in [1.54, 1.807) is 31.4 Å². The molecule has 0 saturated carbocycles. The lowest BCUT2D eigenvalue weighted by molar-refractivity contribution is 0.102. The summed E-state index contributed by atoms with van der Waals surface area (Å²) in [5, 5.41) is 3.50. The third-order valence-corrected chi connectivity index (χ3v) is 5.65. The van der Waals surface area contributed by atoms with Crippen molar-refractivity contribution in [3.05, 3.63) is 82.9 Å². The summed E-state index contributed by atoms with van der Waals surface area (Å²) in [4.78, 5) is 15.0. The maximum Gasteiger partial charge on any atom is 0.255 e. The predicted octanol–water partition coefficient (Wildman–Crippen LogP) is 5.86. The number of hydrogen-bond donors (Lipinski definition) is 1. The lowest BCUT2D eigenvalue weighted by Crippen LogP contribution is -2.18. The quantitative estimate of drug-likeness (QED) is 0.542. The van der Waals surface area contributed by atoms with Gasteiger partial charge in [0.15, 0.2) is 0 Å². The Morgan fingerprint density at radius 1 is 1.00 bits per heavy atom. The molecule has 1 heterocycles. The number of carbonyl (C=O) groups is 1. The molecule has 0 aliphatic carbocycles. The molecule has 0 atom stereocenters. The Labute approximate surface area is 182 Å². The first kappa shape index (κ1) is 20.5. The van der Waals surface area contributed by atoms with E-state index >= 15 is 0 Å². The molecule has 0 radical (unpaired) electrons. The summed E-state index contributed by atoms with van der Waals surface area (Å²) >= 11 is 6.00. The SMILES string of the molecule is COc1ccc(-c2cccc(NC(=O)c3cccc(Cl)c3)c2)cc1CN1CCCC1. The van der Waals surface area contributed by atoms with Crippen LogP contribution in [0.5, 0.6) is 5.75 Å². The fourth-order valence-electron chi connectivity index (χ4n) is 3.87. The van der Waals surface area contributed by atoms with Crippen LogP contribution in [-0.4, -0.2) is 31.0 Å². The maximum atomic E-state index is 12.6. The highest BCUT2D eigenvalue weighted by molar-refractivity contribution is 6.31. The molecule has 3 aromatic carbocycles. The van der Waals surface area contributed by atoms with Crippen LogP contribution in [0.2, 0.25) is 5.02 Å². The van der Waals surface area contributed by atoms with Crippen LogP contribution in [0.3, 0.4) is 0 Å². The minimum atomic E-state index is -0.181. The summed E-state index contributed by atoms with van der Waals surface area (Å²) in [5.74, 6) is 0.732. The number of ether oxygens (including phenoxy) is 1. The van der Waals surface area contributed by atoms with Gasteiger partial charge in [-0.25, -0.2) is 0 Å². The Morgan fingerprint density at radius 3 is 2.53 bits per heavy atom. The molecule has 4 nitrogen and oxygen atoms in total. The molecular formula is C25H25ClN2O2. The number of benzene rings is 3. The van der Waals surface area contributed by atoms with E-state index in [0.29, 0.717) is 10.6 Å². The van der Waals surface area contributed by atoms with Crippen molar-refractivity contribution in [3.8, 4) is 16.9 Å². The smallest absolute Gasteiger partial charge is 0.255 e. The van der Waals surface area contributed by atoms with E-state index in [2.05, 4.69) is 28.4 Å². The third-order valence-electron chi connectivity index (χ3n) is 5.41. The van der Waals surface area contributed by atoms with Crippen LogP contribution >= 0.6 is 11.6 Å². The lowest BCUT2D eigenvalue weighted by atomic mass is 10.0. The second-order valence-corrected chi connectivity index (χ2v) is 7.99. The van der Waals surface area contributed by atoms with E-state index in [9.17, 15) is 4.79 Å². The van der Waals surface area contributed by atoms with E-state index < -0.39 is 0 Å². The zero-order valence-corrected chi connectivity index (χ0v) is 17.8. The van der Waals surface area contributed by atoms with Gasteiger partial charge in [-0.05, 0) is 79.5 Å². The van der Waals surface area contributed by atoms with Gasteiger partial charge >= 0.3 is 0 Å². The Bertz CT molecular complexity index is 1040. The fraction of sp³-hybridized carbons (Fsp3) is 0.240. The maximum absolute atomic E-state index is 12.6. The number of anilines is 1. The van der Waals surface area contributed by atoms with Gasteiger partial charge < -0.3 is 10.1 Å². The van der Waals surface area contributed by atoms with E-state index in [1.165, 1.54) is 18.4 Å². The van der Waals surface area contributed by atoms with E-state index in [0.717, 1.165) is 42.2 Å². The van der Waals surface area contributed by atoms with Gasteiger partial charge in [-0.15, -0.1) is 0 Å². The molecule has 1 aliphatic rings. The van der Waals surface area contributed by atoms with Crippen LogP contribution in [-0.2, 0) is 6.54 Å². The van der Waals surface area contributed by atoms with Crippen LogP contribution < -0.4 is 10.1 Å². The third kappa shape index (κ3) is 4.84. The summed E-state index contributed by atoms with van der Waals surface area (Å²) in [5.41, 5.74) is 4.61. The molecule has 0 aromatic heterocycles. The molecule has 0 spiro atoms. The first-order valence-electron chi connectivity index (χ1n) is 10.2. The Balaban J connectivity index is 1.56. The second-order valence-electron chi connectivity index (χ2n) is 7.56. The number of rotatable bonds is 6. The van der Waals surface area contributed by atoms with Gasteiger partial charge in [-0.3, -0.25) is 9.69 Å². The van der Waals surface area contributed by atoms with Gasteiger partial charge in [-0.2, -0.15) is 0 Å². The minimum absolute atomic E-state index is 0.181. The van der Waals surface area contributed by atoms with Gasteiger partial charge in [0.05, 0.1) is 7.11 Å². The predicted molar refractivity (Wildman–Crippen MR) is 122 cm³/mol. The monoisotopic (exact) mass is 420 g/mol. The van der Waals surface area contributed by atoms with E-state index in [-0.39, 0.29) is 5.91 Å². The van der Waals surface area contributed by atoms with Gasteiger partial charge in [0.25, 0.3) is 5.91 Å². The van der Waals surface area contributed by atoms with Crippen molar-refractivity contribution >= 4 is 23.2 Å². The van der Waals surface area contributed by atoms with Gasteiger partial charge in [0.1, 0.15) is 5.75 Å². The zero-order valence-electron chi connectivity index (χ0n) is 17.0. The van der Waals surface area contributed by atoms with Gasteiger partial charge in [0.2, 0.25) is 0 Å². The summed E-state index contributed by atoms with van der Waals surface area (Å²) in [6.07, 6.45) is 2.52. The number of carbonyl (C=O) groups excluding carboxylic acids is 1. The van der Waals surface area contributed by atoms with Crippen LogP contribution in [0.1, 0.15) is 28.8 Å². The molecule has 1 amide bonds. The molecule has 30 heavy (non-hydrogen) atoms. The number of nitrogens with zero attached hydrogens (tertiary/aromatic N) is 1. The molecule has 1 saturated heterocycles. The zero-order chi connectivity index (χ0) is 20.9. The summed E-state index contributed by atoms with van der Waals surface area (Å²) in [7, 11) is 1.72. The molecule has 5 heteroatoms. The fourth-order valence-corrected chi connectivity index (χ4v) is 4.06. The van der Waals surface area contributed by atoms with Crippen LogP contribution in [0.25, 0.3) is 11.1 Å². The molecule has 0 unspecified atom stereocenters. The molecule has 3 aromatic rings. The molecular weight excluding hydrogens is 396 g/mol. The Morgan fingerprint density at radius 2 is 1.77 bits per heavy atom. The first-order chi connectivity index (χ1) is 14.6.